The molecule has 1 aliphatic carbocycles. The maximum Gasteiger partial charge on any atom is 0.226 e. The number of rotatable bonds is 4. The first kappa shape index (κ1) is 14.8. The third kappa shape index (κ3) is 3.61. The number of nitrogens with one attached hydrogen (secondary N) is 1. The average Bonchev–Trinajstić information content (AvgIpc) is 2.29. The summed E-state index contributed by atoms with van der Waals surface area (Å²) in [4.78, 5) is 12.3. The summed E-state index contributed by atoms with van der Waals surface area (Å²) in [5.74, 6) is 1.34. The molecule has 0 radical (unpaired) electrons. The Morgan fingerprint density at radius 2 is 2.18 bits per heavy atom. The van der Waals surface area contributed by atoms with Gasteiger partial charge in [-0.2, -0.15) is 0 Å². The zero-order chi connectivity index (χ0) is 13.1. The fraction of sp³-hybridized carbons (Fsp3) is 0.929. The van der Waals surface area contributed by atoms with Gasteiger partial charge in [-0.3, -0.25) is 4.79 Å². The summed E-state index contributed by atoms with van der Waals surface area (Å²) in [6, 6.07) is 0. The fourth-order valence-electron chi connectivity index (χ4n) is 2.50. The van der Waals surface area contributed by atoms with Gasteiger partial charge in [0.05, 0.1) is 5.54 Å². The van der Waals surface area contributed by atoms with Gasteiger partial charge in [0.25, 0.3) is 0 Å². The van der Waals surface area contributed by atoms with Crippen LogP contribution in [0.2, 0.25) is 0 Å². The monoisotopic (exact) mass is 259 g/mol. The molecule has 1 fully saturated rings. The van der Waals surface area contributed by atoms with Gasteiger partial charge in [-0.25, -0.2) is 0 Å². The highest BCUT2D eigenvalue weighted by molar-refractivity contribution is 6.18. The van der Waals surface area contributed by atoms with Gasteiger partial charge in [-0.1, -0.05) is 40.5 Å². The number of halogens is 1. The Labute approximate surface area is 110 Å². The summed E-state index contributed by atoms with van der Waals surface area (Å²) < 4.78 is 0. The standard InChI is InChI=1S/C14H26ClNO/c1-5-13(3,4)12(17)16-14(10-15)8-6-7-11(2)9-14/h11H,5-10H2,1-4H3,(H,16,17). The van der Waals surface area contributed by atoms with E-state index >= 15 is 0 Å². The SMILES string of the molecule is CCC(C)(C)C(=O)NC1(CCl)CCCC(C)C1. The van der Waals surface area contributed by atoms with Gasteiger partial charge in [0.2, 0.25) is 5.91 Å². The minimum atomic E-state index is -0.292. The van der Waals surface area contributed by atoms with E-state index in [0.29, 0.717) is 11.8 Å². The molecule has 17 heavy (non-hydrogen) atoms. The molecule has 100 valence electrons. The lowest BCUT2D eigenvalue weighted by atomic mass is 9.76. The van der Waals surface area contributed by atoms with Crippen LogP contribution in [0.25, 0.3) is 0 Å². The number of hydrogen-bond donors (Lipinski definition) is 1. The molecule has 0 heterocycles. The summed E-state index contributed by atoms with van der Waals surface area (Å²) in [6.45, 7) is 8.29. The van der Waals surface area contributed by atoms with Crippen LogP contribution >= 0.6 is 11.6 Å². The van der Waals surface area contributed by atoms with Crippen molar-refractivity contribution in [2.45, 2.75) is 65.3 Å². The molecule has 2 atom stereocenters. The van der Waals surface area contributed by atoms with E-state index in [1.54, 1.807) is 0 Å². The lowest BCUT2D eigenvalue weighted by Crippen LogP contribution is -2.55. The molecule has 2 nitrogen and oxygen atoms in total. The van der Waals surface area contributed by atoms with E-state index in [2.05, 4.69) is 19.2 Å². The van der Waals surface area contributed by atoms with E-state index < -0.39 is 0 Å². The topological polar surface area (TPSA) is 29.1 Å². The van der Waals surface area contributed by atoms with E-state index in [4.69, 9.17) is 11.6 Å². The Hall–Kier alpha value is -0.240. The molecule has 0 aromatic carbocycles. The van der Waals surface area contributed by atoms with Crippen LogP contribution in [0.3, 0.4) is 0 Å². The average molecular weight is 260 g/mol. The van der Waals surface area contributed by atoms with Gasteiger partial charge in [0.15, 0.2) is 0 Å². The molecule has 1 amide bonds. The molecule has 1 rings (SSSR count). The molecule has 0 spiro atoms. The Bertz CT molecular complexity index is 277. The summed E-state index contributed by atoms with van der Waals surface area (Å²) >= 11 is 6.13. The highest BCUT2D eigenvalue weighted by Crippen LogP contribution is 2.34. The third-order valence-electron chi connectivity index (χ3n) is 4.22. The Morgan fingerprint density at radius 3 is 2.65 bits per heavy atom. The van der Waals surface area contributed by atoms with Crippen LogP contribution in [0.15, 0.2) is 0 Å². The lowest BCUT2D eigenvalue weighted by Gasteiger charge is -2.41. The van der Waals surface area contributed by atoms with E-state index in [1.807, 2.05) is 13.8 Å². The van der Waals surface area contributed by atoms with Crippen molar-refractivity contribution in [3.8, 4) is 0 Å². The quantitative estimate of drug-likeness (QED) is 0.766. The van der Waals surface area contributed by atoms with Gasteiger partial charge in [-0.15, -0.1) is 11.6 Å². The lowest BCUT2D eigenvalue weighted by molar-refractivity contribution is -0.131. The van der Waals surface area contributed by atoms with Crippen molar-refractivity contribution in [3.05, 3.63) is 0 Å². The molecule has 2 unspecified atom stereocenters. The van der Waals surface area contributed by atoms with Crippen LogP contribution in [-0.4, -0.2) is 17.3 Å². The summed E-state index contributed by atoms with van der Waals surface area (Å²) in [7, 11) is 0. The number of alkyl halides is 1. The first-order chi connectivity index (χ1) is 7.85. The maximum absolute atomic E-state index is 12.3. The van der Waals surface area contributed by atoms with Gasteiger partial charge < -0.3 is 5.32 Å². The van der Waals surface area contributed by atoms with Crippen LogP contribution in [0.4, 0.5) is 0 Å². The Kier molecular flexibility index (Phi) is 4.88. The maximum atomic E-state index is 12.3. The summed E-state index contributed by atoms with van der Waals surface area (Å²) in [6.07, 6.45) is 5.31. The van der Waals surface area contributed by atoms with Crippen molar-refractivity contribution in [2.24, 2.45) is 11.3 Å². The molecule has 1 N–H and O–H groups in total. The first-order valence-corrected chi connectivity index (χ1v) is 7.27. The molecule has 0 aromatic heterocycles. The van der Waals surface area contributed by atoms with E-state index in [-0.39, 0.29) is 16.9 Å². The minimum Gasteiger partial charge on any atom is -0.349 e. The molecule has 0 aliphatic heterocycles. The van der Waals surface area contributed by atoms with E-state index in [0.717, 1.165) is 19.3 Å². The summed E-state index contributed by atoms with van der Waals surface area (Å²) in [5.41, 5.74) is -0.456. The van der Waals surface area contributed by atoms with Crippen LogP contribution in [-0.2, 0) is 4.79 Å². The third-order valence-corrected chi connectivity index (χ3v) is 4.74. The zero-order valence-electron chi connectivity index (χ0n) is 11.6. The number of amides is 1. The van der Waals surface area contributed by atoms with Crippen LogP contribution in [0, 0.1) is 11.3 Å². The van der Waals surface area contributed by atoms with Crippen LogP contribution in [0.1, 0.15) is 59.8 Å². The molecule has 1 aliphatic rings. The van der Waals surface area contributed by atoms with Gasteiger partial charge in [0.1, 0.15) is 0 Å². The molecule has 0 saturated heterocycles. The van der Waals surface area contributed by atoms with Crippen molar-refractivity contribution in [1.82, 2.24) is 5.32 Å². The normalized spacial score (nSPS) is 30.1. The molecule has 0 bridgehead atoms. The molecule has 1 saturated carbocycles. The number of hydrogen-bond acceptors (Lipinski definition) is 1. The predicted molar refractivity (Wildman–Crippen MR) is 73.3 cm³/mol. The summed E-state index contributed by atoms with van der Waals surface area (Å²) in [5, 5.41) is 3.23. The van der Waals surface area contributed by atoms with Crippen molar-refractivity contribution in [3.63, 3.8) is 0 Å². The van der Waals surface area contributed by atoms with Gasteiger partial charge in [-0.05, 0) is 25.2 Å². The molecular weight excluding hydrogens is 234 g/mol. The fourth-order valence-corrected chi connectivity index (χ4v) is 2.81. The first-order valence-electron chi connectivity index (χ1n) is 6.74. The number of carbonyl (C=O) groups excluding carboxylic acids is 1. The van der Waals surface area contributed by atoms with Crippen molar-refractivity contribution in [2.75, 3.05) is 5.88 Å². The predicted octanol–water partition coefficient (Wildman–Crippen LogP) is 3.73. The van der Waals surface area contributed by atoms with Crippen molar-refractivity contribution in [1.29, 1.82) is 0 Å². The Morgan fingerprint density at radius 1 is 1.53 bits per heavy atom. The van der Waals surface area contributed by atoms with Crippen LogP contribution in [0.5, 0.6) is 0 Å². The highest BCUT2D eigenvalue weighted by Gasteiger charge is 2.38. The van der Waals surface area contributed by atoms with Gasteiger partial charge >= 0.3 is 0 Å². The van der Waals surface area contributed by atoms with Crippen molar-refractivity contribution < 1.29 is 4.79 Å². The second-order valence-electron chi connectivity index (χ2n) is 6.31. The Balaban J connectivity index is 2.72. The van der Waals surface area contributed by atoms with E-state index in [9.17, 15) is 4.79 Å². The smallest absolute Gasteiger partial charge is 0.226 e. The highest BCUT2D eigenvalue weighted by atomic mass is 35.5. The van der Waals surface area contributed by atoms with E-state index in [1.165, 1.54) is 12.8 Å². The van der Waals surface area contributed by atoms with Crippen molar-refractivity contribution >= 4 is 17.5 Å². The minimum absolute atomic E-state index is 0.148. The molecule has 0 aromatic rings. The van der Waals surface area contributed by atoms with Gasteiger partial charge in [0, 0.05) is 11.3 Å². The molecule has 3 heteroatoms. The second-order valence-corrected chi connectivity index (χ2v) is 6.57. The molecular formula is C14H26ClNO. The van der Waals surface area contributed by atoms with Crippen LogP contribution < -0.4 is 5.32 Å². The largest absolute Gasteiger partial charge is 0.349 e. The second kappa shape index (κ2) is 5.60. The number of carbonyl (C=O) groups is 1. The zero-order valence-corrected chi connectivity index (χ0v) is 12.4.